The Kier molecular flexibility index (Phi) is 6.70. The molecular formula is C24H27F3O6. The molecule has 1 heterocycles. The number of benzene rings is 2. The number of hydrogen-bond donors (Lipinski definition) is 4. The molecule has 1 fully saturated rings. The lowest BCUT2D eigenvalue weighted by Gasteiger charge is -2.41. The summed E-state index contributed by atoms with van der Waals surface area (Å²) in [5.74, 6) is -0.289. The molecule has 1 aliphatic carbocycles. The molecule has 2 aromatic carbocycles. The maximum atomic E-state index is 12.4. The molecule has 180 valence electrons. The van der Waals surface area contributed by atoms with Crippen LogP contribution in [0.1, 0.15) is 45.9 Å². The van der Waals surface area contributed by atoms with Gasteiger partial charge in [-0.1, -0.05) is 18.2 Å². The number of halogens is 3. The van der Waals surface area contributed by atoms with E-state index in [0.29, 0.717) is 12.0 Å². The zero-order chi connectivity index (χ0) is 23.9. The third-order valence-electron chi connectivity index (χ3n) is 6.57. The van der Waals surface area contributed by atoms with E-state index in [0.717, 1.165) is 41.5 Å². The fraction of sp³-hybridized carbons (Fsp3) is 0.500. The van der Waals surface area contributed by atoms with E-state index in [-0.39, 0.29) is 5.75 Å². The number of hydrogen-bond acceptors (Lipinski definition) is 6. The first-order chi connectivity index (χ1) is 15.6. The molecule has 4 N–H and O–H groups in total. The molecule has 9 heteroatoms. The van der Waals surface area contributed by atoms with Crippen LogP contribution in [-0.2, 0) is 24.0 Å². The first-order valence-electron chi connectivity index (χ1n) is 10.9. The molecule has 0 bridgehead atoms. The van der Waals surface area contributed by atoms with Crippen molar-refractivity contribution in [2.75, 3.05) is 6.61 Å². The van der Waals surface area contributed by atoms with Crippen LogP contribution >= 0.6 is 0 Å². The van der Waals surface area contributed by atoms with Gasteiger partial charge in [0.15, 0.2) is 0 Å². The molecular weight excluding hydrogens is 441 g/mol. The van der Waals surface area contributed by atoms with Crippen molar-refractivity contribution in [3.8, 4) is 5.75 Å². The molecule has 6 nitrogen and oxygen atoms in total. The van der Waals surface area contributed by atoms with Gasteiger partial charge in [-0.2, -0.15) is 0 Å². The van der Waals surface area contributed by atoms with E-state index in [1.54, 1.807) is 12.1 Å². The van der Waals surface area contributed by atoms with Gasteiger partial charge < -0.3 is 29.9 Å². The minimum absolute atomic E-state index is 0.289. The van der Waals surface area contributed by atoms with Crippen LogP contribution < -0.4 is 4.74 Å². The summed E-state index contributed by atoms with van der Waals surface area (Å²) in [6.45, 7) is 1.42. The predicted molar refractivity (Wildman–Crippen MR) is 112 cm³/mol. The van der Waals surface area contributed by atoms with Gasteiger partial charge in [0, 0.05) is 0 Å². The van der Waals surface area contributed by atoms with Crippen molar-refractivity contribution in [1.82, 2.24) is 0 Å². The summed E-state index contributed by atoms with van der Waals surface area (Å²) >= 11 is 0. The summed E-state index contributed by atoms with van der Waals surface area (Å²) in [7, 11) is 0. The van der Waals surface area contributed by atoms with Gasteiger partial charge in [0.2, 0.25) is 0 Å². The first-order valence-corrected chi connectivity index (χ1v) is 10.9. The van der Waals surface area contributed by atoms with Crippen molar-refractivity contribution in [1.29, 1.82) is 0 Å². The van der Waals surface area contributed by atoms with Crippen LogP contribution in [0.4, 0.5) is 13.2 Å². The lowest BCUT2D eigenvalue weighted by atomic mass is 9.84. The van der Waals surface area contributed by atoms with E-state index in [1.165, 1.54) is 17.7 Å². The molecule has 0 unspecified atom stereocenters. The van der Waals surface area contributed by atoms with Gasteiger partial charge in [0.1, 0.15) is 36.3 Å². The summed E-state index contributed by atoms with van der Waals surface area (Å²) in [6, 6.07) is 7.60. The topological polar surface area (TPSA) is 99.4 Å². The Hall–Kier alpha value is -2.17. The third-order valence-corrected chi connectivity index (χ3v) is 6.57. The van der Waals surface area contributed by atoms with Gasteiger partial charge in [0.25, 0.3) is 0 Å². The fourth-order valence-corrected chi connectivity index (χ4v) is 4.91. The predicted octanol–water partition coefficient (Wildman–Crippen LogP) is 2.49. The van der Waals surface area contributed by atoms with E-state index >= 15 is 0 Å². The molecule has 2 aliphatic rings. The number of fused-ring (bicyclic) bond motifs is 1. The van der Waals surface area contributed by atoms with E-state index in [1.807, 2.05) is 13.0 Å². The molecule has 0 saturated carbocycles. The molecule has 33 heavy (non-hydrogen) atoms. The lowest BCUT2D eigenvalue weighted by Crippen LogP contribution is -2.55. The van der Waals surface area contributed by atoms with Crippen LogP contribution in [0.2, 0.25) is 0 Å². The second-order valence-corrected chi connectivity index (χ2v) is 8.68. The number of ether oxygens (including phenoxy) is 2. The van der Waals surface area contributed by atoms with Crippen molar-refractivity contribution in [2.24, 2.45) is 0 Å². The van der Waals surface area contributed by atoms with Gasteiger partial charge in [0.05, 0.1) is 6.61 Å². The molecule has 0 aromatic heterocycles. The second kappa shape index (κ2) is 9.23. The van der Waals surface area contributed by atoms with Gasteiger partial charge in [-0.25, -0.2) is 0 Å². The number of aliphatic hydroxyl groups is 4. The Balaban J connectivity index is 1.66. The highest BCUT2D eigenvalue weighted by Gasteiger charge is 2.44. The van der Waals surface area contributed by atoms with Crippen molar-refractivity contribution in [2.45, 2.75) is 69.5 Å². The van der Waals surface area contributed by atoms with Gasteiger partial charge in [-0.05, 0) is 78.1 Å². The summed E-state index contributed by atoms with van der Waals surface area (Å²) in [6.07, 6.45) is -7.86. The number of aliphatic hydroxyl groups excluding tert-OH is 4. The first kappa shape index (κ1) is 24.0. The Morgan fingerprint density at radius 3 is 2.30 bits per heavy atom. The normalized spacial score (nSPS) is 27.5. The summed E-state index contributed by atoms with van der Waals surface area (Å²) in [5.41, 5.74) is 5.67. The minimum atomic E-state index is -4.75. The van der Waals surface area contributed by atoms with E-state index in [4.69, 9.17) is 4.74 Å². The molecule has 1 aliphatic heterocycles. The summed E-state index contributed by atoms with van der Waals surface area (Å²) in [4.78, 5) is 0. The molecule has 2 aromatic rings. The van der Waals surface area contributed by atoms with Crippen LogP contribution in [0.3, 0.4) is 0 Å². The Morgan fingerprint density at radius 2 is 1.67 bits per heavy atom. The molecule has 0 amide bonds. The lowest BCUT2D eigenvalue weighted by molar-refractivity contribution is -0.274. The quantitative estimate of drug-likeness (QED) is 0.538. The highest BCUT2D eigenvalue weighted by atomic mass is 19.4. The zero-order valence-electron chi connectivity index (χ0n) is 18.0. The van der Waals surface area contributed by atoms with E-state index < -0.39 is 43.5 Å². The maximum absolute atomic E-state index is 12.4. The maximum Gasteiger partial charge on any atom is 0.573 e. The van der Waals surface area contributed by atoms with Crippen LogP contribution in [0.15, 0.2) is 30.3 Å². The van der Waals surface area contributed by atoms with Crippen LogP contribution in [0.5, 0.6) is 5.75 Å². The van der Waals surface area contributed by atoms with Gasteiger partial charge in [-0.15, -0.1) is 13.2 Å². The molecule has 4 rings (SSSR count). The summed E-state index contributed by atoms with van der Waals surface area (Å²) in [5, 5.41) is 40.5. The van der Waals surface area contributed by atoms with Crippen molar-refractivity contribution in [3.05, 3.63) is 63.7 Å². The van der Waals surface area contributed by atoms with E-state index in [9.17, 15) is 33.6 Å². The third kappa shape index (κ3) is 4.88. The molecule has 0 radical (unpaired) electrons. The smallest absolute Gasteiger partial charge is 0.406 e. The number of alkyl halides is 3. The van der Waals surface area contributed by atoms with Crippen LogP contribution in [0, 0.1) is 6.92 Å². The Labute approximate surface area is 189 Å². The number of rotatable bonds is 5. The zero-order valence-corrected chi connectivity index (χ0v) is 18.0. The Morgan fingerprint density at radius 1 is 1.00 bits per heavy atom. The van der Waals surface area contributed by atoms with E-state index in [2.05, 4.69) is 4.74 Å². The standard InChI is InChI=1S/C24H27F3O6/c1-12-16-3-2-4-17(16)14(9-13-5-7-15(8-6-13)33-24(25,26)27)10-18(12)23-22(31)21(30)20(29)19(11-28)32-23/h5-8,10,19-23,28-31H,2-4,9,11H2,1H3/t19-,20-,21+,22-,23+/m1/s1. The molecule has 1 saturated heterocycles. The average molecular weight is 468 g/mol. The fourth-order valence-electron chi connectivity index (χ4n) is 4.91. The minimum Gasteiger partial charge on any atom is -0.406 e. The van der Waals surface area contributed by atoms with Gasteiger partial charge in [-0.3, -0.25) is 0 Å². The largest absolute Gasteiger partial charge is 0.573 e. The highest BCUT2D eigenvalue weighted by Crippen LogP contribution is 2.39. The monoisotopic (exact) mass is 468 g/mol. The average Bonchev–Trinajstić information content (AvgIpc) is 3.26. The molecule has 0 spiro atoms. The van der Waals surface area contributed by atoms with Crippen LogP contribution in [-0.4, -0.2) is 57.8 Å². The van der Waals surface area contributed by atoms with Crippen molar-refractivity contribution >= 4 is 0 Å². The Bertz CT molecular complexity index is 989. The van der Waals surface area contributed by atoms with Gasteiger partial charge >= 0.3 is 6.36 Å². The van der Waals surface area contributed by atoms with Crippen LogP contribution in [0.25, 0.3) is 0 Å². The van der Waals surface area contributed by atoms with Crippen molar-refractivity contribution < 1.29 is 43.1 Å². The second-order valence-electron chi connectivity index (χ2n) is 8.68. The summed E-state index contributed by atoms with van der Waals surface area (Å²) < 4.78 is 47.0. The highest BCUT2D eigenvalue weighted by molar-refractivity contribution is 5.51. The molecule has 5 atom stereocenters. The van der Waals surface area contributed by atoms with Crippen molar-refractivity contribution in [3.63, 3.8) is 0 Å². The SMILES string of the molecule is Cc1c([C@@H]2O[C@H](CO)[C@@H](O)[C@H](O)[C@H]2O)cc(Cc2ccc(OC(F)(F)F)cc2)c2c1CCC2.